The summed E-state index contributed by atoms with van der Waals surface area (Å²) in [6.45, 7) is 2.03. The SMILES string of the molecule is Cc1ccnc(-c2nc(N)nc(C3CCCCCC3)n2)c1. The Morgan fingerprint density at radius 3 is 2.52 bits per heavy atom. The molecule has 1 aliphatic carbocycles. The molecule has 1 fully saturated rings. The number of aryl methyl sites for hydroxylation is 1. The van der Waals surface area contributed by atoms with Crippen molar-refractivity contribution in [2.75, 3.05) is 5.73 Å². The topological polar surface area (TPSA) is 77.6 Å². The van der Waals surface area contributed by atoms with Crippen molar-refractivity contribution in [1.82, 2.24) is 19.9 Å². The first kappa shape index (κ1) is 13.9. The quantitative estimate of drug-likeness (QED) is 0.856. The van der Waals surface area contributed by atoms with Gasteiger partial charge in [-0.3, -0.25) is 4.98 Å². The Labute approximate surface area is 125 Å². The van der Waals surface area contributed by atoms with Crippen molar-refractivity contribution in [3.63, 3.8) is 0 Å². The van der Waals surface area contributed by atoms with Gasteiger partial charge < -0.3 is 5.73 Å². The maximum Gasteiger partial charge on any atom is 0.223 e. The lowest BCUT2D eigenvalue weighted by Gasteiger charge is -2.13. The van der Waals surface area contributed by atoms with Gasteiger partial charge in [0.05, 0.1) is 0 Å². The van der Waals surface area contributed by atoms with E-state index in [2.05, 4.69) is 19.9 Å². The molecule has 0 saturated heterocycles. The van der Waals surface area contributed by atoms with Gasteiger partial charge in [0, 0.05) is 12.1 Å². The van der Waals surface area contributed by atoms with Gasteiger partial charge in [-0.2, -0.15) is 9.97 Å². The van der Waals surface area contributed by atoms with E-state index in [1.165, 1.54) is 25.7 Å². The zero-order valence-electron chi connectivity index (χ0n) is 12.4. The van der Waals surface area contributed by atoms with Gasteiger partial charge in [-0.1, -0.05) is 25.7 Å². The fourth-order valence-electron chi connectivity index (χ4n) is 2.90. The molecule has 0 amide bonds. The van der Waals surface area contributed by atoms with Crippen molar-refractivity contribution < 1.29 is 0 Å². The van der Waals surface area contributed by atoms with E-state index in [9.17, 15) is 0 Å². The molecule has 2 heterocycles. The lowest BCUT2D eigenvalue weighted by Crippen LogP contribution is -2.10. The Balaban J connectivity index is 1.95. The molecule has 5 nitrogen and oxygen atoms in total. The molecule has 0 radical (unpaired) electrons. The largest absolute Gasteiger partial charge is 0.368 e. The van der Waals surface area contributed by atoms with Crippen LogP contribution in [0.15, 0.2) is 18.3 Å². The lowest BCUT2D eigenvalue weighted by molar-refractivity contribution is 0.559. The number of rotatable bonds is 2. The molecule has 2 N–H and O–H groups in total. The predicted octanol–water partition coefficient (Wildman–Crippen LogP) is 3.26. The summed E-state index contributed by atoms with van der Waals surface area (Å²) in [6, 6.07) is 3.94. The van der Waals surface area contributed by atoms with Gasteiger partial charge in [-0.15, -0.1) is 0 Å². The Kier molecular flexibility index (Phi) is 4.08. The molecule has 5 heteroatoms. The summed E-state index contributed by atoms with van der Waals surface area (Å²) in [5, 5.41) is 0. The second-order valence-electron chi connectivity index (χ2n) is 5.78. The molecule has 0 atom stereocenters. The molecule has 0 spiro atoms. The van der Waals surface area contributed by atoms with E-state index in [1.54, 1.807) is 6.20 Å². The first-order chi connectivity index (χ1) is 10.2. The second kappa shape index (κ2) is 6.16. The van der Waals surface area contributed by atoms with Crippen LogP contribution >= 0.6 is 0 Å². The zero-order valence-corrected chi connectivity index (χ0v) is 12.4. The summed E-state index contributed by atoms with van der Waals surface area (Å²) in [6.07, 6.45) is 9.17. The van der Waals surface area contributed by atoms with E-state index in [-0.39, 0.29) is 0 Å². The van der Waals surface area contributed by atoms with E-state index >= 15 is 0 Å². The van der Waals surface area contributed by atoms with Crippen LogP contribution in [0.4, 0.5) is 5.95 Å². The summed E-state index contributed by atoms with van der Waals surface area (Å²) < 4.78 is 0. The fourth-order valence-corrected chi connectivity index (χ4v) is 2.90. The van der Waals surface area contributed by atoms with Crippen LogP contribution in [0.3, 0.4) is 0 Å². The molecular formula is C16H21N5. The number of hydrogen-bond donors (Lipinski definition) is 1. The highest BCUT2D eigenvalue weighted by molar-refractivity contribution is 5.51. The highest BCUT2D eigenvalue weighted by Gasteiger charge is 2.19. The minimum atomic E-state index is 0.294. The van der Waals surface area contributed by atoms with Gasteiger partial charge in [0.2, 0.25) is 5.95 Å². The van der Waals surface area contributed by atoms with Gasteiger partial charge in [-0.25, -0.2) is 4.98 Å². The molecule has 2 aromatic rings. The minimum absolute atomic E-state index is 0.294. The smallest absolute Gasteiger partial charge is 0.223 e. The van der Waals surface area contributed by atoms with Crippen LogP contribution in [0.1, 0.15) is 55.8 Å². The third kappa shape index (κ3) is 3.35. The van der Waals surface area contributed by atoms with Crippen molar-refractivity contribution in [3.05, 3.63) is 29.7 Å². The number of aromatic nitrogens is 4. The Morgan fingerprint density at radius 2 is 1.81 bits per heavy atom. The van der Waals surface area contributed by atoms with Crippen LogP contribution in [0.5, 0.6) is 0 Å². The van der Waals surface area contributed by atoms with Gasteiger partial charge in [0.25, 0.3) is 0 Å². The molecule has 1 aliphatic rings. The van der Waals surface area contributed by atoms with Crippen molar-refractivity contribution in [3.8, 4) is 11.5 Å². The van der Waals surface area contributed by atoms with Gasteiger partial charge in [0.15, 0.2) is 5.82 Å². The number of nitrogens with two attached hydrogens (primary N) is 1. The van der Waals surface area contributed by atoms with Crippen LogP contribution in [-0.4, -0.2) is 19.9 Å². The fraction of sp³-hybridized carbons (Fsp3) is 0.500. The Bertz CT molecular complexity index is 618. The Hall–Kier alpha value is -2.04. The van der Waals surface area contributed by atoms with Crippen LogP contribution in [0.2, 0.25) is 0 Å². The molecule has 0 aliphatic heterocycles. The summed E-state index contributed by atoms with van der Waals surface area (Å²) >= 11 is 0. The van der Waals surface area contributed by atoms with Gasteiger partial charge in [-0.05, 0) is 37.5 Å². The molecule has 2 aromatic heterocycles. The number of pyridine rings is 1. The average molecular weight is 283 g/mol. The zero-order chi connectivity index (χ0) is 14.7. The minimum Gasteiger partial charge on any atom is -0.368 e. The first-order valence-electron chi connectivity index (χ1n) is 7.67. The monoisotopic (exact) mass is 283 g/mol. The number of hydrogen-bond acceptors (Lipinski definition) is 5. The summed E-state index contributed by atoms with van der Waals surface area (Å²) in [5.41, 5.74) is 7.79. The van der Waals surface area contributed by atoms with Crippen LogP contribution in [0.25, 0.3) is 11.5 Å². The van der Waals surface area contributed by atoms with Crippen molar-refractivity contribution in [2.45, 2.75) is 51.4 Å². The van der Waals surface area contributed by atoms with Crippen LogP contribution < -0.4 is 5.73 Å². The average Bonchev–Trinajstić information content (AvgIpc) is 2.76. The van der Waals surface area contributed by atoms with E-state index < -0.39 is 0 Å². The van der Waals surface area contributed by atoms with Gasteiger partial charge in [0.1, 0.15) is 11.5 Å². The molecule has 0 bridgehead atoms. The Morgan fingerprint density at radius 1 is 1.05 bits per heavy atom. The van der Waals surface area contributed by atoms with Crippen molar-refractivity contribution in [2.24, 2.45) is 0 Å². The number of nitrogen functional groups attached to an aromatic ring is 1. The standard InChI is InChI=1S/C16H21N5/c1-11-8-9-18-13(10-11)15-19-14(20-16(17)21-15)12-6-4-2-3-5-7-12/h8-10,12H,2-7H2,1H3,(H2,17,19,20,21). The second-order valence-corrected chi connectivity index (χ2v) is 5.78. The third-order valence-corrected chi connectivity index (χ3v) is 4.03. The van der Waals surface area contributed by atoms with E-state index in [4.69, 9.17) is 5.73 Å². The summed E-state index contributed by atoms with van der Waals surface area (Å²) in [7, 11) is 0. The predicted molar refractivity (Wildman–Crippen MR) is 82.7 cm³/mol. The maximum absolute atomic E-state index is 5.89. The number of nitrogens with zero attached hydrogens (tertiary/aromatic N) is 4. The molecule has 110 valence electrons. The highest BCUT2D eigenvalue weighted by atomic mass is 15.1. The van der Waals surface area contributed by atoms with E-state index in [0.29, 0.717) is 17.7 Å². The summed E-state index contributed by atoms with van der Waals surface area (Å²) in [5.74, 6) is 2.12. The first-order valence-corrected chi connectivity index (χ1v) is 7.67. The molecule has 1 saturated carbocycles. The van der Waals surface area contributed by atoms with Crippen LogP contribution in [-0.2, 0) is 0 Å². The maximum atomic E-state index is 5.89. The summed E-state index contributed by atoms with van der Waals surface area (Å²) in [4.78, 5) is 17.6. The lowest BCUT2D eigenvalue weighted by atomic mass is 9.99. The van der Waals surface area contributed by atoms with Crippen molar-refractivity contribution in [1.29, 1.82) is 0 Å². The number of anilines is 1. The molecule has 3 rings (SSSR count). The van der Waals surface area contributed by atoms with Crippen molar-refractivity contribution >= 4 is 5.95 Å². The molecular weight excluding hydrogens is 262 g/mol. The molecule has 21 heavy (non-hydrogen) atoms. The third-order valence-electron chi connectivity index (χ3n) is 4.03. The van der Waals surface area contributed by atoms with E-state index in [1.807, 2.05) is 19.1 Å². The normalized spacial score (nSPS) is 16.6. The highest BCUT2D eigenvalue weighted by Crippen LogP contribution is 2.30. The van der Waals surface area contributed by atoms with Gasteiger partial charge >= 0.3 is 0 Å². The van der Waals surface area contributed by atoms with E-state index in [0.717, 1.165) is 29.9 Å². The van der Waals surface area contributed by atoms with Crippen LogP contribution in [0, 0.1) is 6.92 Å². The molecule has 0 aromatic carbocycles. The molecule has 0 unspecified atom stereocenters.